The van der Waals surface area contributed by atoms with Gasteiger partial charge in [-0.3, -0.25) is 0 Å². The van der Waals surface area contributed by atoms with Crippen LogP contribution in [0, 0.1) is 0 Å². The van der Waals surface area contributed by atoms with Crippen molar-refractivity contribution in [2.45, 2.75) is 38.5 Å². The third-order valence-corrected chi connectivity index (χ3v) is 26.3. The third kappa shape index (κ3) is 9.12. The molecule has 0 saturated carbocycles. The van der Waals surface area contributed by atoms with E-state index in [1.807, 2.05) is 0 Å². The van der Waals surface area contributed by atoms with E-state index >= 15 is 0 Å². The minimum atomic E-state index is -0.0993. The molecule has 0 aliphatic heterocycles. The Balaban J connectivity index is 0.544. The van der Waals surface area contributed by atoms with E-state index < -0.39 is 0 Å². The number of hydrogen-bond donors (Lipinski definition) is 0. The van der Waals surface area contributed by atoms with Crippen LogP contribution in [0.1, 0.15) is 49.9 Å². The van der Waals surface area contributed by atoms with E-state index in [0.717, 1.165) is 72.7 Å². The van der Waals surface area contributed by atoms with Crippen molar-refractivity contribution in [3.63, 3.8) is 0 Å². The minimum absolute atomic E-state index is 0.0990. The SMILES string of the molecule is CC1(C)c2ccccc2-c2ccc(-n3c4ccccc4c4cc(-c5ccc6c(c5)c5ccccc5n6-c5ccc(-c6nc(-c7ccccc7)c7c(n6)-c6cccc8c(-c9cccc(-n%10c%11ccccc%11c%11cc(-c%12ccc%13c(c%12)c%12ccccc%12n%13-c%12ccc%13c(c%12)C(C)(C)c%12ccccc%12-%13)ccc%11%10)c9)ccc-7c68)cc5)ccc43)cc21. The van der Waals surface area contributed by atoms with E-state index in [-0.39, 0.29) is 10.8 Å². The molecule has 22 aromatic rings. The standard InChI is InChI=1S/C110H72N6/c1-109(2)92-34-14-8-26-77(92)79-50-48-74(63-94(79)109)115-98-38-18-12-30-83(98)90-61-69(44-56-102(90)115)67-42-54-100-88(59-67)81-28-10-16-36-96(81)113(100)72-46-40-66(41-47-72)108-111-106(65-22-6-5-7-23-65)105-86-53-52-76(85-32-21-33-87(104(85)86)107(105)112-108)71-24-20-25-73(58-71)114-97-37-17-11-29-82(97)89-60-68(43-55-101(89)114)70-45-57-103-91(62-70)84-31-13-19-39-99(84)116(103)75-49-51-80-78-27-9-15-35-93(78)110(3,4)95(80)64-75/h5-64H,1-4H3. The maximum absolute atomic E-state index is 5.62. The fourth-order valence-electron chi connectivity index (χ4n) is 20.9. The number of rotatable bonds is 9. The summed E-state index contributed by atoms with van der Waals surface area (Å²) in [5.41, 5.74) is 38.9. The van der Waals surface area contributed by atoms with Gasteiger partial charge in [-0.05, 0) is 228 Å². The zero-order valence-electron chi connectivity index (χ0n) is 64.3. The summed E-state index contributed by atoms with van der Waals surface area (Å²) in [5.74, 6) is 0.687. The Hall–Kier alpha value is -14.7. The monoisotopic (exact) mass is 1480 g/mol. The zero-order valence-corrected chi connectivity index (χ0v) is 64.3. The van der Waals surface area contributed by atoms with Crippen molar-refractivity contribution in [3.8, 4) is 123 Å². The van der Waals surface area contributed by atoms with Gasteiger partial charge in [-0.1, -0.05) is 258 Å². The summed E-state index contributed by atoms with van der Waals surface area (Å²) >= 11 is 0. The van der Waals surface area contributed by atoms with Crippen LogP contribution in [0.25, 0.3) is 221 Å². The summed E-state index contributed by atoms with van der Waals surface area (Å²) in [5, 5.41) is 12.2. The van der Waals surface area contributed by atoms with Crippen LogP contribution in [-0.2, 0) is 10.8 Å². The predicted molar refractivity (Wildman–Crippen MR) is 484 cm³/mol. The minimum Gasteiger partial charge on any atom is -0.309 e. The summed E-state index contributed by atoms with van der Waals surface area (Å²) in [6.07, 6.45) is 0. The molecule has 542 valence electrons. The number of para-hydroxylation sites is 4. The van der Waals surface area contributed by atoms with Crippen LogP contribution in [0.5, 0.6) is 0 Å². The molecule has 25 rings (SSSR count). The molecule has 0 atom stereocenters. The van der Waals surface area contributed by atoms with Gasteiger partial charge in [0.05, 0.1) is 55.5 Å². The first-order chi connectivity index (χ1) is 57.0. The maximum Gasteiger partial charge on any atom is 0.160 e. The fraction of sp³-hybridized carbons (Fsp3) is 0.0545. The highest BCUT2D eigenvalue weighted by Crippen LogP contribution is 2.55. The summed E-state index contributed by atoms with van der Waals surface area (Å²) in [7, 11) is 0. The van der Waals surface area contributed by atoms with Gasteiger partial charge in [0, 0.05) is 98.9 Å². The Labute approximate surface area is 670 Å². The maximum atomic E-state index is 5.62. The molecular formula is C110H72N6. The van der Waals surface area contributed by atoms with E-state index in [1.165, 1.54) is 165 Å². The number of fused-ring (bicyclic) bond motifs is 21. The second kappa shape index (κ2) is 23.9. The Kier molecular flexibility index (Phi) is 13.4. The Morgan fingerprint density at radius 2 is 0.543 bits per heavy atom. The molecule has 5 heterocycles. The summed E-state index contributed by atoms with van der Waals surface area (Å²) < 4.78 is 9.78. The lowest BCUT2D eigenvalue weighted by Crippen LogP contribution is -2.15. The van der Waals surface area contributed by atoms with Crippen molar-refractivity contribution in [2.75, 3.05) is 0 Å². The van der Waals surface area contributed by atoms with Crippen molar-refractivity contribution in [1.82, 2.24) is 28.2 Å². The van der Waals surface area contributed by atoms with Crippen molar-refractivity contribution in [1.29, 1.82) is 0 Å². The topological polar surface area (TPSA) is 45.5 Å². The zero-order chi connectivity index (χ0) is 76.6. The van der Waals surface area contributed by atoms with Gasteiger partial charge < -0.3 is 18.3 Å². The largest absolute Gasteiger partial charge is 0.309 e. The molecule has 17 aromatic carbocycles. The van der Waals surface area contributed by atoms with Crippen LogP contribution in [0.3, 0.4) is 0 Å². The highest BCUT2D eigenvalue weighted by Gasteiger charge is 2.38. The highest BCUT2D eigenvalue weighted by molar-refractivity contribution is 6.21. The van der Waals surface area contributed by atoms with Crippen LogP contribution in [0.4, 0.5) is 0 Å². The molecule has 0 radical (unpaired) electrons. The van der Waals surface area contributed by atoms with Crippen LogP contribution >= 0.6 is 0 Å². The van der Waals surface area contributed by atoms with Crippen molar-refractivity contribution >= 4 is 98.0 Å². The lowest BCUT2D eigenvalue weighted by atomic mass is 9.82. The van der Waals surface area contributed by atoms with Gasteiger partial charge >= 0.3 is 0 Å². The van der Waals surface area contributed by atoms with Crippen LogP contribution in [0.2, 0.25) is 0 Å². The average molecular weight is 1480 g/mol. The Morgan fingerprint density at radius 1 is 0.198 bits per heavy atom. The summed E-state index contributed by atoms with van der Waals surface area (Å²) in [6.45, 7) is 9.45. The molecule has 6 nitrogen and oxygen atoms in total. The van der Waals surface area contributed by atoms with Gasteiger partial charge in [0.2, 0.25) is 0 Å². The van der Waals surface area contributed by atoms with Gasteiger partial charge in [-0.15, -0.1) is 0 Å². The number of benzene rings is 17. The quantitative estimate of drug-likeness (QED) is 0.145. The molecule has 0 amide bonds. The highest BCUT2D eigenvalue weighted by atomic mass is 15.0. The van der Waals surface area contributed by atoms with E-state index in [2.05, 4.69) is 410 Å². The molecular weight excluding hydrogens is 1410 g/mol. The molecule has 3 aliphatic rings. The molecule has 0 bridgehead atoms. The smallest absolute Gasteiger partial charge is 0.160 e. The second-order valence-corrected chi connectivity index (χ2v) is 33.1. The average Bonchev–Trinajstić information content (AvgIpc) is 1.57. The number of nitrogens with zero attached hydrogens (tertiary/aromatic N) is 6. The molecule has 0 fully saturated rings. The first kappa shape index (κ1) is 64.9. The van der Waals surface area contributed by atoms with Crippen molar-refractivity contribution in [2.24, 2.45) is 0 Å². The van der Waals surface area contributed by atoms with Crippen LogP contribution in [-0.4, -0.2) is 28.2 Å². The second-order valence-electron chi connectivity index (χ2n) is 33.1. The van der Waals surface area contributed by atoms with Gasteiger partial charge in [0.25, 0.3) is 0 Å². The van der Waals surface area contributed by atoms with Gasteiger partial charge in [-0.2, -0.15) is 0 Å². The first-order valence-corrected chi connectivity index (χ1v) is 40.4. The number of aromatic nitrogens is 6. The molecule has 0 spiro atoms. The van der Waals surface area contributed by atoms with Crippen molar-refractivity contribution < 1.29 is 0 Å². The molecule has 5 aromatic heterocycles. The molecule has 3 aliphatic carbocycles. The van der Waals surface area contributed by atoms with Crippen LogP contribution < -0.4 is 0 Å². The van der Waals surface area contributed by atoms with Gasteiger partial charge in [-0.25, -0.2) is 9.97 Å². The first-order valence-electron chi connectivity index (χ1n) is 40.4. The van der Waals surface area contributed by atoms with E-state index in [4.69, 9.17) is 9.97 Å². The lowest BCUT2D eigenvalue weighted by Gasteiger charge is -2.22. The van der Waals surface area contributed by atoms with E-state index in [9.17, 15) is 0 Å². The van der Waals surface area contributed by atoms with Crippen LogP contribution in [0.15, 0.2) is 364 Å². The van der Waals surface area contributed by atoms with Crippen molar-refractivity contribution in [3.05, 3.63) is 386 Å². The molecule has 0 unspecified atom stereocenters. The summed E-state index contributed by atoms with van der Waals surface area (Å²) in [4.78, 5) is 11.2. The van der Waals surface area contributed by atoms with Gasteiger partial charge in [0.15, 0.2) is 5.82 Å². The Bertz CT molecular complexity index is 8070. The predicted octanol–water partition coefficient (Wildman–Crippen LogP) is 28.6. The van der Waals surface area contributed by atoms with E-state index in [0.29, 0.717) is 5.82 Å². The normalized spacial score (nSPS) is 13.5. The molecule has 116 heavy (non-hydrogen) atoms. The fourth-order valence-corrected chi connectivity index (χ4v) is 20.9. The third-order valence-electron chi connectivity index (χ3n) is 26.3. The summed E-state index contributed by atoms with van der Waals surface area (Å²) in [6, 6.07) is 136. The molecule has 6 heteroatoms. The Morgan fingerprint density at radius 3 is 1.03 bits per heavy atom. The lowest BCUT2D eigenvalue weighted by molar-refractivity contribution is 0.660. The van der Waals surface area contributed by atoms with Gasteiger partial charge in [0.1, 0.15) is 0 Å². The molecule has 0 N–H and O–H groups in total. The molecule has 0 saturated heterocycles. The van der Waals surface area contributed by atoms with E-state index in [1.54, 1.807) is 0 Å². The number of hydrogen-bond acceptors (Lipinski definition) is 2.